The average Bonchev–Trinajstić information content (AvgIpc) is 3.15. The molecule has 122 valence electrons. The van der Waals surface area contributed by atoms with E-state index in [2.05, 4.69) is 23.1 Å². The lowest BCUT2D eigenvalue weighted by Gasteiger charge is -2.32. The highest BCUT2D eigenvalue weighted by Gasteiger charge is 2.45. The number of hydrogen-bond acceptors (Lipinski definition) is 5. The van der Waals surface area contributed by atoms with Crippen molar-refractivity contribution in [2.75, 3.05) is 7.11 Å². The smallest absolute Gasteiger partial charge is 0.323 e. The van der Waals surface area contributed by atoms with Gasteiger partial charge in [-0.1, -0.05) is 25.0 Å². The highest BCUT2D eigenvalue weighted by atomic mass is 32.1. The molecule has 0 spiro atoms. The zero-order valence-electron chi connectivity index (χ0n) is 13.4. The van der Waals surface area contributed by atoms with Crippen molar-refractivity contribution in [3.63, 3.8) is 0 Å². The Bertz CT molecular complexity index is 681. The van der Waals surface area contributed by atoms with E-state index < -0.39 is 0 Å². The van der Waals surface area contributed by atoms with Crippen LogP contribution in [0.15, 0.2) is 24.3 Å². The summed E-state index contributed by atoms with van der Waals surface area (Å²) in [5.74, 6) is 0.558. The molecule has 1 aliphatic carbocycles. The van der Waals surface area contributed by atoms with E-state index in [4.69, 9.17) is 9.72 Å². The molecule has 1 saturated heterocycles. The fourth-order valence-electron chi connectivity index (χ4n) is 4.29. The summed E-state index contributed by atoms with van der Waals surface area (Å²) in [7, 11) is 1.50. The molecule has 1 aliphatic heterocycles. The molecule has 0 bridgehead atoms. The highest BCUT2D eigenvalue weighted by molar-refractivity contribution is 7.18. The molecule has 1 aromatic carbocycles. The molecular formula is C18H22N2O2S. The van der Waals surface area contributed by atoms with E-state index >= 15 is 0 Å². The third-order valence-corrected chi connectivity index (χ3v) is 6.37. The van der Waals surface area contributed by atoms with Gasteiger partial charge in [0.05, 0.1) is 23.9 Å². The summed E-state index contributed by atoms with van der Waals surface area (Å²) in [6.07, 6.45) is 5.95. The van der Waals surface area contributed by atoms with Gasteiger partial charge in [-0.25, -0.2) is 4.98 Å². The highest BCUT2D eigenvalue weighted by Crippen LogP contribution is 2.41. The largest absolute Gasteiger partial charge is 0.468 e. The maximum Gasteiger partial charge on any atom is 0.323 e. The van der Waals surface area contributed by atoms with E-state index in [9.17, 15) is 4.79 Å². The van der Waals surface area contributed by atoms with Crippen LogP contribution in [0.5, 0.6) is 0 Å². The van der Waals surface area contributed by atoms with Gasteiger partial charge in [-0.3, -0.25) is 9.69 Å². The second-order valence-corrected chi connectivity index (χ2v) is 7.75. The number of ether oxygens (including phenoxy) is 1. The normalized spacial score (nSPS) is 28.0. The van der Waals surface area contributed by atoms with Gasteiger partial charge in [0.25, 0.3) is 0 Å². The minimum atomic E-state index is -0.0971. The average molecular weight is 330 g/mol. The SMILES string of the molecule is COC(=O)[C@@H]1C[C@@H]2CCCC[C@H]2N1Cc1nc2ccccc2s1. The minimum absolute atomic E-state index is 0.0829. The van der Waals surface area contributed by atoms with Gasteiger partial charge in [0.1, 0.15) is 11.0 Å². The van der Waals surface area contributed by atoms with Crippen LogP contribution in [0.2, 0.25) is 0 Å². The van der Waals surface area contributed by atoms with Gasteiger partial charge < -0.3 is 4.74 Å². The molecule has 2 heterocycles. The molecule has 0 amide bonds. The third kappa shape index (κ3) is 2.76. The lowest BCUT2D eigenvalue weighted by Crippen LogP contribution is -2.42. The Balaban J connectivity index is 1.61. The van der Waals surface area contributed by atoms with Gasteiger partial charge >= 0.3 is 5.97 Å². The summed E-state index contributed by atoms with van der Waals surface area (Å²) in [6.45, 7) is 0.764. The van der Waals surface area contributed by atoms with Crippen molar-refractivity contribution >= 4 is 27.5 Å². The molecule has 0 unspecified atom stereocenters. The first-order valence-electron chi connectivity index (χ1n) is 8.44. The first kappa shape index (κ1) is 15.1. The molecule has 5 heteroatoms. The lowest BCUT2D eigenvalue weighted by molar-refractivity contribution is -0.146. The summed E-state index contributed by atoms with van der Waals surface area (Å²) < 4.78 is 6.29. The van der Waals surface area contributed by atoms with Crippen molar-refractivity contribution in [2.24, 2.45) is 5.92 Å². The summed E-state index contributed by atoms with van der Waals surface area (Å²) in [5.41, 5.74) is 1.06. The number of likely N-dealkylation sites (tertiary alicyclic amines) is 1. The second kappa shape index (κ2) is 6.21. The van der Waals surface area contributed by atoms with Crippen molar-refractivity contribution in [3.8, 4) is 0 Å². The first-order chi connectivity index (χ1) is 11.3. The number of fused-ring (bicyclic) bond motifs is 2. The van der Waals surface area contributed by atoms with Gasteiger partial charge in [0, 0.05) is 6.04 Å². The van der Waals surface area contributed by atoms with Crippen molar-refractivity contribution in [1.82, 2.24) is 9.88 Å². The number of para-hydroxylation sites is 1. The maximum absolute atomic E-state index is 12.2. The molecule has 1 saturated carbocycles. The predicted octanol–water partition coefficient (Wildman–Crippen LogP) is 3.60. The van der Waals surface area contributed by atoms with E-state index in [1.165, 1.54) is 37.5 Å². The van der Waals surface area contributed by atoms with E-state index in [-0.39, 0.29) is 12.0 Å². The molecule has 3 atom stereocenters. The molecular weight excluding hydrogens is 308 g/mol. The Morgan fingerprint density at radius 2 is 2.17 bits per heavy atom. The van der Waals surface area contributed by atoms with E-state index in [1.54, 1.807) is 11.3 Å². The number of rotatable bonds is 3. The number of esters is 1. The second-order valence-electron chi connectivity index (χ2n) is 6.63. The molecule has 4 nitrogen and oxygen atoms in total. The van der Waals surface area contributed by atoms with Gasteiger partial charge in [-0.15, -0.1) is 11.3 Å². The molecule has 2 aromatic rings. The van der Waals surface area contributed by atoms with Crippen LogP contribution in [0.4, 0.5) is 0 Å². The fraction of sp³-hybridized carbons (Fsp3) is 0.556. The van der Waals surface area contributed by atoms with Crippen LogP contribution < -0.4 is 0 Å². The van der Waals surface area contributed by atoms with Crippen molar-refractivity contribution in [3.05, 3.63) is 29.3 Å². The zero-order chi connectivity index (χ0) is 15.8. The number of benzene rings is 1. The number of methoxy groups -OCH3 is 1. The number of carbonyl (C=O) groups is 1. The van der Waals surface area contributed by atoms with Crippen LogP contribution in [0.1, 0.15) is 37.1 Å². The molecule has 2 fully saturated rings. The number of carbonyl (C=O) groups excluding carboxylic acids is 1. The number of nitrogens with zero attached hydrogens (tertiary/aromatic N) is 2. The Labute approximate surface area is 140 Å². The molecule has 23 heavy (non-hydrogen) atoms. The minimum Gasteiger partial charge on any atom is -0.468 e. The van der Waals surface area contributed by atoms with Gasteiger partial charge in [0.2, 0.25) is 0 Å². The van der Waals surface area contributed by atoms with Gasteiger partial charge in [-0.05, 0) is 37.3 Å². The summed E-state index contributed by atoms with van der Waals surface area (Å²) in [5, 5.41) is 1.10. The Morgan fingerprint density at radius 3 is 3.00 bits per heavy atom. The quantitative estimate of drug-likeness (QED) is 0.807. The zero-order valence-corrected chi connectivity index (χ0v) is 14.2. The van der Waals surface area contributed by atoms with Gasteiger partial charge in [-0.2, -0.15) is 0 Å². The molecule has 2 aliphatic rings. The van der Waals surface area contributed by atoms with Crippen molar-refractivity contribution in [2.45, 2.75) is 50.7 Å². The van der Waals surface area contributed by atoms with E-state index in [1.807, 2.05) is 6.07 Å². The fourth-order valence-corrected chi connectivity index (χ4v) is 5.27. The molecule has 1 aromatic heterocycles. The Hall–Kier alpha value is -1.46. The number of thiazole rings is 1. The molecule has 4 rings (SSSR count). The topological polar surface area (TPSA) is 42.4 Å². The van der Waals surface area contributed by atoms with Crippen LogP contribution in [0, 0.1) is 5.92 Å². The van der Waals surface area contributed by atoms with E-state index in [0.717, 1.165) is 23.5 Å². The standard InChI is InChI=1S/C18H22N2O2S/c1-22-18(21)15-10-12-6-2-4-8-14(12)20(15)11-17-19-13-7-3-5-9-16(13)23-17/h3,5,7,9,12,14-15H,2,4,6,8,10-11H2,1H3/t12-,14+,15-/m0/s1. The summed E-state index contributed by atoms with van der Waals surface area (Å²) in [6, 6.07) is 8.66. The summed E-state index contributed by atoms with van der Waals surface area (Å²) >= 11 is 1.74. The van der Waals surface area contributed by atoms with Crippen molar-refractivity contribution < 1.29 is 9.53 Å². The first-order valence-corrected chi connectivity index (χ1v) is 9.26. The van der Waals surface area contributed by atoms with Crippen LogP contribution in [0.3, 0.4) is 0 Å². The van der Waals surface area contributed by atoms with Crippen LogP contribution in [-0.4, -0.2) is 35.0 Å². The predicted molar refractivity (Wildman–Crippen MR) is 91.3 cm³/mol. The Kier molecular flexibility index (Phi) is 4.07. The van der Waals surface area contributed by atoms with Crippen molar-refractivity contribution in [1.29, 1.82) is 0 Å². The van der Waals surface area contributed by atoms with Crippen LogP contribution in [0.25, 0.3) is 10.2 Å². The van der Waals surface area contributed by atoms with E-state index in [0.29, 0.717) is 12.0 Å². The third-order valence-electron chi connectivity index (χ3n) is 5.35. The van der Waals surface area contributed by atoms with Gasteiger partial charge in [0.15, 0.2) is 0 Å². The lowest BCUT2D eigenvalue weighted by atomic mass is 9.85. The number of hydrogen-bond donors (Lipinski definition) is 0. The van der Waals surface area contributed by atoms with Crippen LogP contribution >= 0.6 is 11.3 Å². The monoisotopic (exact) mass is 330 g/mol. The maximum atomic E-state index is 12.2. The summed E-state index contributed by atoms with van der Waals surface area (Å²) in [4.78, 5) is 19.4. The van der Waals surface area contributed by atoms with Crippen LogP contribution in [-0.2, 0) is 16.1 Å². The molecule has 0 N–H and O–H groups in total. The number of aromatic nitrogens is 1. The molecule has 0 radical (unpaired) electrons. The Morgan fingerprint density at radius 1 is 1.35 bits per heavy atom.